The van der Waals surface area contributed by atoms with Gasteiger partial charge < -0.3 is 0 Å². The molecule has 1 saturated carbocycles. The van der Waals surface area contributed by atoms with Crippen molar-refractivity contribution in [3.05, 3.63) is 58.7 Å². The Balaban J connectivity index is 1.76. The summed E-state index contributed by atoms with van der Waals surface area (Å²) in [5.41, 5.74) is 4.05. The molecule has 4 nitrogen and oxygen atoms in total. The molecule has 128 valence electrons. The molecule has 1 aliphatic carbocycles. The summed E-state index contributed by atoms with van der Waals surface area (Å²) in [4.78, 5) is 21.4. The zero-order chi connectivity index (χ0) is 18.1. The van der Waals surface area contributed by atoms with Gasteiger partial charge in [-0.15, -0.1) is 0 Å². The molecule has 0 amide bonds. The average Bonchev–Trinajstić information content (AvgIpc) is 3.35. The summed E-state index contributed by atoms with van der Waals surface area (Å²) in [6, 6.07) is 12.5. The lowest BCUT2D eigenvalue weighted by atomic mass is 9.96. The molecule has 1 aromatic heterocycles. The van der Waals surface area contributed by atoms with Gasteiger partial charge in [-0.1, -0.05) is 38.1 Å². The third kappa shape index (κ3) is 3.61. The van der Waals surface area contributed by atoms with E-state index in [1.165, 1.54) is 11.1 Å². The van der Waals surface area contributed by atoms with E-state index in [1.54, 1.807) is 0 Å². The first-order valence-electron chi connectivity index (χ1n) is 8.76. The van der Waals surface area contributed by atoms with Gasteiger partial charge in [0, 0.05) is 17.3 Å². The van der Waals surface area contributed by atoms with Crippen molar-refractivity contribution in [1.29, 1.82) is 5.26 Å². The maximum absolute atomic E-state index is 12.8. The second kappa shape index (κ2) is 6.76. The molecular formula is C21H23N3O. The number of benzene rings is 1. The molecule has 1 heterocycles. The Morgan fingerprint density at radius 1 is 1.16 bits per heavy atom. The summed E-state index contributed by atoms with van der Waals surface area (Å²) in [5, 5.41) is 9.51. The van der Waals surface area contributed by atoms with Crippen LogP contribution in [0.1, 0.15) is 66.4 Å². The fraction of sp³-hybridized carbons (Fsp3) is 0.429. The maximum Gasteiger partial charge on any atom is 0.164 e. The number of nitriles is 1. The highest BCUT2D eigenvalue weighted by Crippen LogP contribution is 2.50. The van der Waals surface area contributed by atoms with Crippen LogP contribution in [0.2, 0.25) is 0 Å². The number of hydrogen-bond acceptors (Lipinski definition) is 4. The van der Waals surface area contributed by atoms with E-state index in [2.05, 4.69) is 54.2 Å². The molecular weight excluding hydrogens is 310 g/mol. The van der Waals surface area contributed by atoms with Gasteiger partial charge in [-0.3, -0.25) is 4.79 Å². The predicted octanol–water partition coefficient (Wildman–Crippen LogP) is 4.20. The Bertz CT molecular complexity index is 813. The van der Waals surface area contributed by atoms with Crippen LogP contribution in [-0.2, 0) is 4.79 Å². The lowest BCUT2D eigenvalue weighted by molar-refractivity contribution is -0.120. The number of hydrogen-bond donors (Lipinski definition) is 0. The van der Waals surface area contributed by atoms with E-state index in [4.69, 9.17) is 0 Å². The van der Waals surface area contributed by atoms with Gasteiger partial charge in [0.25, 0.3) is 0 Å². The molecule has 1 aliphatic rings. The summed E-state index contributed by atoms with van der Waals surface area (Å²) in [7, 11) is 0. The van der Waals surface area contributed by atoms with Crippen LogP contribution in [-0.4, -0.2) is 15.8 Å². The topological polar surface area (TPSA) is 66.6 Å². The van der Waals surface area contributed by atoms with Crippen molar-refractivity contribution in [3.63, 3.8) is 0 Å². The van der Waals surface area contributed by atoms with E-state index in [1.807, 2.05) is 19.9 Å². The lowest BCUT2D eigenvalue weighted by Gasteiger charge is -2.09. The zero-order valence-corrected chi connectivity index (χ0v) is 15.2. The van der Waals surface area contributed by atoms with Gasteiger partial charge in [-0.25, -0.2) is 9.97 Å². The number of rotatable bonds is 5. The Hall–Kier alpha value is -2.54. The molecule has 0 spiro atoms. The van der Waals surface area contributed by atoms with Crippen LogP contribution in [0.4, 0.5) is 0 Å². The van der Waals surface area contributed by atoms with E-state index in [-0.39, 0.29) is 17.6 Å². The number of ketones is 1. The normalized spacial score (nSPS) is 20.2. The van der Waals surface area contributed by atoms with Crippen molar-refractivity contribution < 1.29 is 4.79 Å². The second-order valence-electron chi connectivity index (χ2n) is 7.24. The van der Waals surface area contributed by atoms with Gasteiger partial charge in [0.05, 0.1) is 6.07 Å². The fourth-order valence-electron chi connectivity index (χ4n) is 3.35. The Morgan fingerprint density at radius 3 is 2.28 bits per heavy atom. The Morgan fingerprint density at radius 2 is 1.76 bits per heavy atom. The maximum atomic E-state index is 12.8. The molecule has 2 aromatic rings. The van der Waals surface area contributed by atoms with Crippen LogP contribution in [0.3, 0.4) is 0 Å². The Kier molecular flexibility index (Phi) is 4.67. The first kappa shape index (κ1) is 17.3. The minimum atomic E-state index is -0.872. The number of carbonyl (C=O) groups excluding carboxylic acids is 1. The Labute approximate surface area is 148 Å². The van der Waals surface area contributed by atoms with E-state index < -0.39 is 5.92 Å². The van der Waals surface area contributed by atoms with Crippen LogP contribution in [0.15, 0.2) is 30.3 Å². The van der Waals surface area contributed by atoms with E-state index in [0.29, 0.717) is 11.7 Å². The number of nitrogens with zero attached hydrogens (tertiary/aromatic N) is 3. The standard InChI is InChI=1S/C21H23N3O/c1-12(2)15-5-7-16(8-6-15)17-10-18(17)20(25)19(11-22)21-23-13(3)9-14(4)24-21/h5-9,12,17-19H,10H2,1-4H3/t17-,18+,19+/m0/s1. The van der Waals surface area contributed by atoms with Gasteiger partial charge in [0.2, 0.25) is 0 Å². The van der Waals surface area contributed by atoms with Crippen molar-refractivity contribution in [1.82, 2.24) is 9.97 Å². The SMILES string of the molecule is Cc1cc(C)nc([C@H](C#N)C(=O)[C@@H]2C[C@H]2c2ccc(C(C)C)cc2)n1. The van der Waals surface area contributed by atoms with Gasteiger partial charge >= 0.3 is 0 Å². The van der Waals surface area contributed by atoms with E-state index in [0.717, 1.165) is 17.8 Å². The average molecular weight is 333 g/mol. The third-order valence-corrected chi connectivity index (χ3v) is 4.86. The van der Waals surface area contributed by atoms with Gasteiger partial charge in [0.15, 0.2) is 17.5 Å². The van der Waals surface area contributed by atoms with Crippen molar-refractivity contribution in [3.8, 4) is 6.07 Å². The van der Waals surface area contributed by atoms with Crippen molar-refractivity contribution in [2.24, 2.45) is 5.92 Å². The van der Waals surface area contributed by atoms with E-state index >= 15 is 0 Å². The molecule has 0 aliphatic heterocycles. The molecule has 1 aromatic carbocycles. The lowest BCUT2D eigenvalue weighted by Crippen LogP contribution is -2.17. The molecule has 25 heavy (non-hydrogen) atoms. The summed E-state index contributed by atoms with van der Waals surface area (Å²) < 4.78 is 0. The number of aryl methyl sites for hydroxylation is 2. The predicted molar refractivity (Wildman–Crippen MR) is 96.2 cm³/mol. The van der Waals surface area contributed by atoms with Crippen LogP contribution in [0.25, 0.3) is 0 Å². The van der Waals surface area contributed by atoms with Crippen LogP contribution in [0.5, 0.6) is 0 Å². The highest BCUT2D eigenvalue weighted by atomic mass is 16.1. The van der Waals surface area contributed by atoms with Crippen molar-refractivity contribution in [2.45, 2.75) is 51.9 Å². The summed E-state index contributed by atoms with van der Waals surface area (Å²) in [6.45, 7) is 8.04. The second-order valence-corrected chi connectivity index (χ2v) is 7.24. The van der Waals surface area contributed by atoms with E-state index in [9.17, 15) is 10.1 Å². The molecule has 0 bridgehead atoms. The van der Waals surface area contributed by atoms with Gasteiger partial charge in [-0.2, -0.15) is 5.26 Å². The molecule has 0 saturated heterocycles. The van der Waals surface area contributed by atoms with Crippen molar-refractivity contribution in [2.75, 3.05) is 0 Å². The summed E-state index contributed by atoms with van der Waals surface area (Å²) in [5.74, 6) is 0.0320. The molecule has 0 N–H and O–H groups in total. The zero-order valence-electron chi connectivity index (χ0n) is 15.2. The van der Waals surface area contributed by atoms with Gasteiger partial charge in [0.1, 0.15) is 0 Å². The quantitative estimate of drug-likeness (QED) is 0.822. The number of Topliss-reactive ketones (excluding diaryl/α,β-unsaturated/α-hetero) is 1. The smallest absolute Gasteiger partial charge is 0.164 e. The molecule has 4 heteroatoms. The summed E-state index contributed by atoms with van der Waals surface area (Å²) in [6.07, 6.45) is 0.808. The molecule has 1 fully saturated rings. The molecule has 3 atom stereocenters. The fourth-order valence-corrected chi connectivity index (χ4v) is 3.35. The minimum absolute atomic E-state index is 0.0505. The van der Waals surface area contributed by atoms with Crippen LogP contribution in [0, 0.1) is 31.1 Å². The molecule has 0 radical (unpaired) electrons. The minimum Gasteiger partial charge on any atom is -0.297 e. The highest BCUT2D eigenvalue weighted by Gasteiger charge is 2.47. The first-order valence-corrected chi connectivity index (χ1v) is 8.76. The highest BCUT2D eigenvalue weighted by molar-refractivity contribution is 5.92. The van der Waals surface area contributed by atoms with Crippen LogP contribution >= 0.6 is 0 Å². The van der Waals surface area contributed by atoms with Crippen LogP contribution < -0.4 is 0 Å². The third-order valence-electron chi connectivity index (χ3n) is 4.86. The van der Waals surface area contributed by atoms with Gasteiger partial charge in [-0.05, 0) is 49.3 Å². The number of carbonyl (C=O) groups is 1. The number of aromatic nitrogens is 2. The monoisotopic (exact) mass is 333 g/mol. The molecule has 0 unspecified atom stereocenters. The van der Waals surface area contributed by atoms with Crippen molar-refractivity contribution >= 4 is 5.78 Å². The summed E-state index contributed by atoms with van der Waals surface area (Å²) >= 11 is 0. The largest absolute Gasteiger partial charge is 0.297 e. The molecule has 3 rings (SSSR count). The first-order chi connectivity index (χ1) is 11.9.